The lowest BCUT2D eigenvalue weighted by molar-refractivity contribution is -0.137. The molecule has 2 aliphatic rings. The highest BCUT2D eigenvalue weighted by atomic mass is 19.1. The molecule has 1 heterocycles. The topological polar surface area (TPSA) is 46.5 Å². The second kappa shape index (κ2) is 8.62. The highest BCUT2D eigenvalue weighted by molar-refractivity contribution is 5.68. The smallest absolute Gasteiger partial charge is 0.303 e. The maximum absolute atomic E-state index is 15.1. The number of fused-ring (bicyclic) bond motifs is 1. The van der Waals surface area contributed by atoms with Crippen molar-refractivity contribution >= 4 is 5.97 Å². The molecule has 0 aromatic heterocycles. The number of benzene rings is 3. The van der Waals surface area contributed by atoms with Gasteiger partial charge in [-0.2, -0.15) is 0 Å². The Morgan fingerprint density at radius 1 is 1.03 bits per heavy atom. The van der Waals surface area contributed by atoms with Gasteiger partial charge in [-0.05, 0) is 85.4 Å². The second-order valence-corrected chi connectivity index (χ2v) is 9.27. The number of carboxylic acid groups (broad SMARTS) is 1. The normalized spacial score (nSPS) is 18.3. The van der Waals surface area contributed by atoms with Gasteiger partial charge in [0, 0.05) is 11.1 Å². The van der Waals surface area contributed by atoms with Gasteiger partial charge in [-0.3, -0.25) is 4.79 Å². The van der Waals surface area contributed by atoms with Crippen LogP contribution in [0.2, 0.25) is 0 Å². The molecule has 2 unspecified atom stereocenters. The molecule has 3 aromatic carbocycles. The van der Waals surface area contributed by atoms with Gasteiger partial charge in [0.2, 0.25) is 0 Å². The molecular weight excluding hydrogens is 422 g/mol. The standard InChI is InChI=1S/C28H26F2O3/c1-16-2-10-24(29)23(12-16)19-7-9-21(25(30)13-19)26-11-8-18-5-6-20(14-27(18)33-26)22(15-28(31)32)17-3-4-17/h2,5-7,9-10,12-14,17,22,26H,3-4,8,11,15H2,1H3,(H,31,32). The monoisotopic (exact) mass is 448 g/mol. The Balaban J connectivity index is 1.40. The van der Waals surface area contributed by atoms with Crippen molar-refractivity contribution in [2.45, 2.75) is 51.0 Å². The SMILES string of the molecule is Cc1ccc(F)c(-c2ccc(C3CCc4ccc(C(CC(=O)O)C5CC5)cc4O3)c(F)c2)c1. The largest absolute Gasteiger partial charge is 0.485 e. The summed E-state index contributed by atoms with van der Waals surface area (Å²) in [4.78, 5) is 11.4. The van der Waals surface area contributed by atoms with E-state index in [-0.39, 0.29) is 18.2 Å². The molecule has 3 aromatic rings. The number of ether oxygens (including phenoxy) is 1. The molecule has 1 aliphatic heterocycles. The molecule has 5 rings (SSSR count). The molecule has 33 heavy (non-hydrogen) atoms. The minimum absolute atomic E-state index is 0.0166. The molecule has 0 radical (unpaired) electrons. The van der Waals surface area contributed by atoms with Gasteiger partial charge in [-0.1, -0.05) is 35.9 Å². The first-order valence-electron chi connectivity index (χ1n) is 11.5. The third-order valence-corrected chi connectivity index (χ3v) is 6.83. The van der Waals surface area contributed by atoms with Gasteiger partial charge in [-0.15, -0.1) is 0 Å². The maximum atomic E-state index is 15.1. The predicted octanol–water partition coefficient (Wildman–Crippen LogP) is 6.97. The fraction of sp³-hybridized carbons (Fsp3) is 0.321. The summed E-state index contributed by atoms with van der Waals surface area (Å²) >= 11 is 0. The summed E-state index contributed by atoms with van der Waals surface area (Å²) in [6.07, 6.45) is 3.17. The molecule has 5 heteroatoms. The number of hydrogen-bond acceptors (Lipinski definition) is 2. The third-order valence-electron chi connectivity index (χ3n) is 6.83. The van der Waals surface area contributed by atoms with Crippen LogP contribution in [0.25, 0.3) is 11.1 Å². The van der Waals surface area contributed by atoms with Crippen LogP contribution in [0.4, 0.5) is 8.78 Å². The average Bonchev–Trinajstić information content (AvgIpc) is 3.63. The van der Waals surface area contributed by atoms with Crippen LogP contribution in [0, 0.1) is 24.5 Å². The first kappa shape index (κ1) is 21.6. The number of aryl methyl sites for hydroxylation is 2. The van der Waals surface area contributed by atoms with E-state index in [4.69, 9.17) is 4.74 Å². The van der Waals surface area contributed by atoms with Gasteiger partial charge in [-0.25, -0.2) is 8.78 Å². The van der Waals surface area contributed by atoms with E-state index in [1.165, 1.54) is 12.1 Å². The molecule has 1 saturated carbocycles. The van der Waals surface area contributed by atoms with E-state index in [0.29, 0.717) is 34.8 Å². The number of hydrogen-bond donors (Lipinski definition) is 1. The minimum Gasteiger partial charge on any atom is -0.485 e. The molecule has 1 aliphatic carbocycles. The Kier molecular flexibility index (Phi) is 5.65. The number of carbonyl (C=O) groups is 1. The highest BCUT2D eigenvalue weighted by Gasteiger charge is 2.34. The molecule has 1 N–H and O–H groups in total. The van der Waals surface area contributed by atoms with E-state index in [9.17, 15) is 14.3 Å². The van der Waals surface area contributed by atoms with Gasteiger partial charge in [0.1, 0.15) is 23.5 Å². The number of rotatable bonds is 6. The van der Waals surface area contributed by atoms with Gasteiger partial charge in [0.05, 0.1) is 6.42 Å². The molecule has 0 bridgehead atoms. The summed E-state index contributed by atoms with van der Waals surface area (Å²) in [5.41, 5.74) is 4.27. The van der Waals surface area contributed by atoms with Gasteiger partial charge >= 0.3 is 5.97 Å². The first-order chi connectivity index (χ1) is 15.9. The van der Waals surface area contributed by atoms with Crippen LogP contribution in [-0.2, 0) is 11.2 Å². The Labute approximate surface area is 192 Å². The van der Waals surface area contributed by atoms with Crippen LogP contribution in [0.15, 0.2) is 54.6 Å². The van der Waals surface area contributed by atoms with Crippen molar-refractivity contribution in [2.75, 3.05) is 0 Å². The summed E-state index contributed by atoms with van der Waals surface area (Å²) < 4.78 is 35.6. The summed E-state index contributed by atoms with van der Waals surface area (Å²) in [5, 5.41) is 9.32. The molecule has 170 valence electrons. The highest BCUT2D eigenvalue weighted by Crippen LogP contribution is 2.46. The Bertz CT molecular complexity index is 1220. The van der Waals surface area contributed by atoms with Crippen LogP contribution in [0.1, 0.15) is 60.0 Å². The molecule has 3 nitrogen and oxygen atoms in total. The maximum Gasteiger partial charge on any atom is 0.303 e. The predicted molar refractivity (Wildman–Crippen MR) is 122 cm³/mol. The number of carboxylic acids is 1. The minimum atomic E-state index is -0.796. The molecule has 0 amide bonds. The number of aliphatic carboxylic acids is 1. The van der Waals surface area contributed by atoms with Gasteiger partial charge < -0.3 is 9.84 Å². The van der Waals surface area contributed by atoms with Crippen molar-refractivity contribution in [3.05, 3.63) is 88.5 Å². The number of halogens is 2. The van der Waals surface area contributed by atoms with Gasteiger partial charge in [0.15, 0.2) is 0 Å². The Morgan fingerprint density at radius 2 is 1.85 bits per heavy atom. The molecule has 0 spiro atoms. The molecule has 1 fully saturated rings. The summed E-state index contributed by atoms with van der Waals surface area (Å²) in [6, 6.07) is 15.6. The van der Waals surface area contributed by atoms with E-state index in [2.05, 4.69) is 0 Å². The van der Waals surface area contributed by atoms with Crippen LogP contribution in [0.3, 0.4) is 0 Å². The second-order valence-electron chi connectivity index (χ2n) is 9.27. The zero-order chi connectivity index (χ0) is 23.1. The third kappa shape index (κ3) is 4.50. The lowest BCUT2D eigenvalue weighted by Gasteiger charge is -2.28. The average molecular weight is 449 g/mol. The van der Waals surface area contributed by atoms with E-state index < -0.39 is 17.9 Å². The fourth-order valence-electron chi connectivity index (χ4n) is 4.90. The lowest BCUT2D eigenvalue weighted by Crippen LogP contribution is -2.17. The lowest BCUT2D eigenvalue weighted by atomic mass is 9.88. The van der Waals surface area contributed by atoms with Crippen molar-refractivity contribution in [1.82, 2.24) is 0 Å². The van der Waals surface area contributed by atoms with Crippen molar-refractivity contribution in [2.24, 2.45) is 5.92 Å². The quantitative estimate of drug-likeness (QED) is 0.443. The van der Waals surface area contributed by atoms with Crippen LogP contribution in [0.5, 0.6) is 5.75 Å². The van der Waals surface area contributed by atoms with E-state index in [0.717, 1.165) is 36.0 Å². The van der Waals surface area contributed by atoms with Crippen LogP contribution >= 0.6 is 0 Å². The van der Waals surface area contributed by atoms with Crippen molar-refractivity contribution in [3.8, 4) is 16.9 Å². The van der Waals surface area contributed by atoms with E-state index in [1.807, 2.05) is 25.1 Å². The summed E-state index contributed by atoms with van der Waals surface area (Å²) in [7, 11) is 0. The van der Waals surface area contributed by atoms with Gasteiger partial charge in [0.25, 0.3) is 0 Å². The fourth-order valence-corrected chi connectivity index (χ4v) is 4.90. The zero-order valence-corrected chi connectivity index (χ0v) is 18.5. The Morgan fingerprint density at radius 3 is 2.58 bits per heavy atom. The molecule has 0 saturated heterocycles. The first-order valence-corrected chi connectivity index (χ1v) is 11.5. The van der Waals surface area contributed by atoms with Crippen molar-refractivity contribution in [1.29, 1.82) is 0 Å². The van der Waals surface area contributed by atoms with E-state index in [1.54, 1.807) is 24.3 Å². The molecule has 2 atom stereocenters. The van der Waals surface area contributed by atoms with E-state index >= 15 is 4.39 Å². The van der Waals surface area contributed by atoms with Crippen molar-refractivity contribution < 1.29 is 23.4 Å². The van der Waals surface area contributed by atoms with Crippen molar-refractivity contribution in [3.63, 3.8) is 0 Å². The molecular formula is C28H26F2O3. The summed E-state index contributed by atoms with van der Waals surface area (Å²) in [5.74, 6) is -0.499. The Hall–Kier alpha value is -3.21. The summed E-state index contributed by atoms with van der Waals surface area (Å²) in [6.45, 7) is 1.87. The van der Waals surface area contributed by atoms with Crippen LogP contribution < -0.4 is 4.74 Å². The van der Waals surface area contributed by atoms with Crippen LogP contribution in [-0.4, -0.2) is 11.1 Å². The zero-order valence-electron chi connectivity index (χ0n) is 18.5.